The predicted molar refractivity (Wildman–Crippen MR) is 146 cm³/mol. The predicted octanol–water partition coefficient (Wildman–Crippen LogP) is 5.38. The molecule has 2 heterocycles. The number of anilines is 1. The fourth-order valence-corrected chi connectivity index (χ4v) is 5.64. The molecule has 3 N–H and O–H groups in total. The standard InChI is InChI=1S/C28H35FN6OS/c1-6-21-22(14-30)27(37-24(25(31)36)19-9-11-20(29)12-10-19)34-26(23(21)32-5)35-13-7-8-18(16-35)15-33-17-28(2,3)4/h9-12,18,24,33H,6-8,13,15-17H2,1-4H3,(H2,31,36)/t18-,24?/m1/s1. The molecule has 37 heavy (non-hydrogen) atoms. The molecule has 0 radical (unpaired) electrons. The van der Waals surface area contributed by atoms with Crippen LogP contribution < -0.4 is 16.0 Å². The van der Waals surface area contributed by atoms with Crippen LogP contribution in [0.1, 0.15) is 62.5 Å². The maximum absolute atomic E-state index is 13.5. The normalized spacial score (nSPS) is 16.6. The maximum atomic E-state index is 13.5. The van der Waals surface area contributed by atoms with Crippen molar-refractivity contribution >= 4 is 29.2 Å². The molecular weight excluding hydrogens is 487 g/mol. The van der Waals surface area contributed by atoms with Crippen LogP contribution >= 0.6 is 11.8 Å². The number of pyridine rings is 1. The lowest BCUT2D eigenvalue weighted by molar-refractivity contribution is -0.117. The van der Waals surface area contributed by atoms with Gasteiger partial charge in [-0.05, 0) is 60.4 Å². The molecule has 1 saturated heterocycles. The number of carbonyl (C=O) groups is 1. The van der Waals surface area contributed by atoms with Gasteiger partial charge in [0.05, 0.1) is 12.1 Å². The lowest BCUT2D eigenvalue weighted by Gasteiger charge is -2.35. The van der Waals surface area contributed by atoms with E-state index >= 15 is 0 Å². The van der Waals surface area contributed by atoms with Gasteiger partial charge in [0, 0.05) is 19.6 Å². The Morgan fingerprint density at radius 1 is 1.41 bits per heavy atom. The first-order chi connectivity index (χ1) is 17.6. The summed E-state index contributed by atoms with van der Waals surface area (Å²) < 4.78 is 13.5. The van der Waals surface area contributed by atoms with Crippen LogP contribution in [0.4, 0.5) is 15.9 Å². The summed E-state index contributed by atoms with van der Waals surface area (Å²) in [6, 6.07) is 7.78. The van der Waals surface area contributed by atoms with Crippen molar-refractivity contribution in [3.05, 3.63) is 58.2 Å². The number of nitrogens with zero attached hydrogens (tertiary/aromatic N) is 4. The van der Waals surface area contributed by atoms with Gasteiger partial charge in [-0.15, -0.1) is 0 Å². The van der Waals surface area contributed by atoms with E-state index in [0.29, 0.717) is 40.0 Å². The zero-order chi connectivity index (χ0) is 27.2. The summed E-state index contributed by atoms with van der Waals surface area (Å²) >= 11 is 1.08. The first-order valence-electron chi connectivity index (χ1n) is 12.6. The van der Waals surface area contributed by atoms with Crippen LogP contribution in [0.15, 0.2) is 29.3 Å². The zero-order valence-electron chi connectivity index (χ0n) is 22.0. The van der Waals surface area contributed by atoms with Crippen LogP contribution in [0.25, 0.3) is 4.85 Å². The van der Waals surface area contributed by atoms with E-state index < -0.39 is 17.0 Å². The van der Waals surface area contributed by atoms with E-state index in [-0.39, 0.29) is 11.0 Å². The molecule has 1 unspecified atom stereocenters. The number of aromatic nitrogens is 1. The molecule has 0 saturated carbocycles. The highest BCUT2D eigenvalue weighted by atomic mass is 32.2. The third-order valence-electron chi connectivity index (χ3n) is 6.37. The number of nitriles is 1. The molecule has 2 atom stereocenters. The number of carbonyl (C=O) groups excluding carboxylic acids is 1. The van der Waals surface area contributed by atoms with Crippen molar-refractivity contribution in [3.63, 3.8) is 0 Å². The highest BCUT2D eigenvalue weighted by Crippen LogP contribution is 2.43. The van der Waals surface area contributed by atoms with Crippen molar-refractivity contribution in [2.45, 2.75) is 57.2 Å². The fraction of sp³-hybridized carbons (Fsp3) is 0.500. The lowest BCUT2D eigenvalue weighted by Crippen LogP contribution is -2.41. The Morgan fingerprint density at radius 3 is 2.68 bits per heavy atom. The van der Waals surface area contributed by atoms with Crippen molar-refractivity contribution in [3.8, 4) is 6.07 Å². The SMILES string of the molecule is [C-]#[N+]c1c(N2CCC[C@H](CNCC(C)(C)C)C2)nc(SC(C(N)=O)c2ccc(F)cc2)c(C#N)c1CC. The average Bonchev–Trinajstić information content (AvgIpc) is 2.86. The van der Waals surface area contributed by atoms with Crippen LogP contribution in [0.5, 0.6) is 0 Å². The minimum atomic E-state index is -0.854. The van der Waals surface area contributed by atoms with Gasteiger partial charge in [0.2, 0.25) is 11.6 Å². The Morgan fingerprint density at radius 2 is 2.11 bits per heavy atom. The molecule has 0 spiro atoms. The van der Waals surface area contributed by atoms with E-state index in [0.717, 1.165) is 50.8 Å². The largest absolute Gasteiger partial charge is 0.368 e. The lowest BCUT2D eigenvalue weighted by atomic mass is 9.94. The summed E-state index contributed by atoms with van der Waals surface area (Å²) in [6.45, 7) is 19.7. The summed E-state index contributed by atoms with van der Waals surface area (Å²) in [4.78, 5) is 23.2. The molecule has 9 heteroatoms. The smallest absolute Gasteiger partial charge is 0.235 e. The Balaban J connectivity index is 1.98. The molecule has 7 nitrogen and oxygen atoms in total. The van der Waals surface area contributed by atoms with E-state index in [1.165, 1.54) is 24.3 Å². The zero-order valence-corrected chi connectivity index (χ0v) is 22.8. The Bertz CT molecular complexity index is 1200. The number of piperidine rings is 1. The monoisotopic (exact) mass is 522 g/mol. The van der Waals surface area contributed by atoms with Gasteiger partial charge in [-0.3, -0.25) is 4.79 Å². The van der Waals surface area contributed by atoms with Crippen molar-refractivity contribution in [1.29, 1.82) is 5.26 Å². The number of benzene rings is 1. The van der Waals surface area contributed by atoms with Crippen LogP contribution in [-0.4, -0.2) is 37.1 Å². The quantitative estimate of drug-likeness (QED) is 0.339. The molecule has 0 bridgehead atoms. The van der Waals surface area contributed by atoms with Crippen molar-refractivity contribution in [2.24, 2.45) is 17.1 Å². The van der Waals surface area contributed by atoms with Crippen molar-refractivity contribution in [1.82, 2.24) is 10.3 Å². The molecule has 3 rings (SSSR count). The van der Waals surface area contributed by atoms with Crippen LogP contribution in [0.2, 0.25) is 0 Å². The van der Waals surface area contributed by atoms with Gasteiger partial charge >= 0.3 is 0 Å². The summed E-state index contributed by atoms with van der Waals surface area (Å²) in [6.07, 6.45) is 2.55. The van der Waals surface area contributed by atoms with E-state index in [1.807, 2.05) is 6.92 Å². The van der Waals surface area contributed by atoms with Gasteiger partial charge in [-0.25, -0.2) is 14.2 Å². The second-order valence-corrected chi connectivity index (χ2v) is 11.7. The van der Waals surface area contributed by atoms with Gasteiger partial charge < -0.3 is 16.0 Å². The van der Waals surface area contributed by atoms with E-state index in [4.69, 9.17) is 17.3 Å². The Kier molecular flexibility index (Phi) is 9.53. The van der Waals surface area contributed by atoms with Crippen LogP contribution in [0.3, 0.4) is 0 Å². The molecule has 1 aliphatic heterocycles. The molecule has 0 aliphatic carbocycles. The number of amides is 1. The van der Waals surface area contributed by atoms with Gasteiger partial charge in [0.15, 0.2) is 0 Å². The topological polar surface area (TPSA) is 99.4 Å². The average molecular weight is 523 g/mol. The van der Waals surface area contributed by atoms with Gasteiger partial charge in [-0.1, -0.05) is 51.6 Å². The molecule has 1 aromatic carbocycles. The molecule has 1 aliphatic rings. The number of hydrogen-bond donors (Lipinski definition) is 2. The first-order valence-corrected chi connectivity index (χ1v) is 13.5. The molecule has 196 valence electrons. The number of nitrogens with two attached hydrogens (primary N) is 1. The third kappa shape index (κ3) is 7.21. The van der Waals surface area contributed by atoms with E-state index in [9.17, 15) is 14.4 Å². The number of rotatable bonds is 9. The fourth-order valence-electron chi connectivity index (χ4n) is 4.59. The van der Waals surface area contributed by atoms with Crippen molar-refractivity contribution < 1.29 is 9.18 Å². The molecular formula is C28H35FN6OS. The number of thioether (sulfide) groups is 1. The van der Waals surface area contributed by atoms with Crippen molar-refractivity contribution in [2.75, 3.05) is 31.1 Å². The Hall–Kier alpha value is -3.14. The summed E-state index contributed by atoms with van der Waals surface area (Å²) in [5.41, 5.74) is 7.75. The second-order valence-electron chi connectivity index (χ2n) is 10.6. The molecule has 1 fully saturated rings. The minimum Gasteiger partial charge on any atom is -0.368 e. The third-order valence-corrected chi connectivity index (χ3v) is 7.62. The van der Waals surface area contributed by atoms with Gasteiger partial charge in [0.1, 0.15) is 28.0 Å². The van der Waals surface area contributed by atoms with Gasteiger partial charge in [0.25, 0.3) is 0 Å². The number of halogens is 1. The highest BCUT2D eigenvalue weighted by Gasteiger charge is 2.29. The summed E-state index contributed by atoms with van der Waals surface area (Å²) in [5, 5.41) is 13.1. The van der Waals surface area contributed by atoms with E-state index in [2.05, 4.69) is 41.9 Å². The Labute approximate surface area is 223 Å². The van der Waals surface area contributed by atoms with E-state index in [1.54, 1.807) is 0 Å². The van der Waals surface area contributed by atoms with Gasteiger partial charge in [-0.2, -0.15) is 5.26 Å². The maximum Gasteiger partial charge on any atom is 0.235 e. The summed E-state index contributed by atoms with van der Waals surface area (Å²) in [7, 11) is 0. The first kappa shape index (κ1) is 28.4. The van der Waals surface area contributed by atoms with Crippen LogP contribution in [0, 0.1) is 35.1 Å². The molecule has 2 aromatic rings. The highest BCUT2D eigenvalue weighted by molar-refractivity contribution is 8.00. The molecule has 1 aromatic heterocycles. The number of primary amides is 1. The summed E-state index contributed by atoms with van der Waals surface area (Å²) in [5.74, 6) is -0.0670. The number of hydrogen-bond acceptors (Lipinski definition) is 6. The van der Waals surface area contributed by atoms with Crippen LogP contribution in [-0.2, 0) is 11.2 Å². The minimum absolute atomic E-state index is 0.198. The molecule has 1 amide bonds. The number of nitrogens with one attached hydrogen (secondary N) is 1. The second kappa shape index (κ2) is 12.4.